The van der Waals surface area contributed by atoms with Crippen LogP contribution in [-0.2, 0) is 4.79 Å². The topological polar surface area (TPSA) is 56.0 Å². The van der Waals surface area contributed by atoms with Gasteiger partial charge in [0.1, 0.15) is 6.04 Å². The molecule has 2 aromatic heterocycles. The molecule has 1 amide bonds. The van der Waals surface area contributed by atoms with Gasteiger partial charge in [-0.25, -0.2) is 4.98 Å². The number of piperidine rings is 1. The van der Waals surface area contributed by atoms with Crippen LogP contribution in [0.15, 0.2) is 37.2 Å². The Labute approximate surface area is 118 Å². The quantitative estimate of drug-likeness (QED) is 0.851. The molecule has 0 spiro atoms. The van der Waals surface area contributed by atoms with E-state index in [9.17, 15) is 4.79 Å². The maximum atomic E-state index is 12.6. The molecule has 2 atom stereocenters. The van der Waals surface area contributed by atoms with Crippen molar-refractivity contribution in [1.29, 1.82) is 0 Å². The minimum Gasteiger partial charge on any atom is -0.339 e. The lowest BCUT2D eigenvalue weighted by molar-refractivity contribution is -0.136. The molecule has 1 saturated heterocycles. The average molecular weight is 273 g/mol. The molecule has 3 rings (SSSR count). The maximum absolute atomic E-state index is 12.6. The van der Waals surface area contributed by atoms with Crippen molar-refractivity contribution in [3.8, 4) is 0 Å². The number of imidazole rings is 1. The highest BCUT2D eigenvalue weighted by Crippen LogP contribution is 2.23. The summed E-state index contributed by atoms with van der Waals surface area (Å²) < 4.78 is 3.81. The van der Waals surface area contributed by atoms with Gasteiger partial charge in [0.15, 0.2) is 0 Å². The molecule has 0 bridgehead atoms. The monoisotopic (exact) mass is 273 g/mol. The molecular formula is C14H19N5O. The molecule has 0 N–H and O–H groups in total. The minimum absolute atomic E-state index is 0.138. The first-order valence-electron chi connectivity index (χ1n) is 7.01. The molecule has 0 aliphatic carbocycles. The molecule has 0 saturated carbocycles. The van der Waals surface area contributed by atoms with E-state index in [1.165, 1.54) is 0 Å². The van der Waals surface area contributed by atoms with Crippen LogP contribution in [0.5, 0.6) is 0 Å². The Morgan fingerprint density at radius 1 is 1.35 bits per heavy atom. The Kier molecular flexibility index (Phi) is 3.54. The Hall–Kier alpha value is -2.11. The molecule has 6 heteroatoms. The van der Waals surface area contributed by atoms with Gasteiger partial charge in [-0.05, 0) is 25.8 Å². The summed E-state index contributed by atoms with van der Waals surface area (Å²) in [7, 11) is 0. The zero-order chi connectivity index (χ0) is 13.9. The van der Waals surface area contributed by atoms with Crippen LogP contribution in [0.3, 0.4) is 0 Å². The first-order valence-corrected chi connectivity index (χ1v) is 7.01. The molecule has 1 fully saturated rings. The third-order valence-electron chi connectivity index (χ3n) is 3.93. The summed E-state index contributed by atoms with van der Waals surface area (Å²) in [5.41, 5.74) is 0. The van der Waals surface area contributed by atoms with Crippen molar-refractivity contribution in [2.75, 3.05) is 13.1 Å². The maximum Gasteiger partial charge on any atom is 0.247 e. The van der Waals surface area contributed by atoms with E-state index in [4.69, 9.17) is 0 Å². The predicted octanol–water partition coefficient (Wildman–Crippen LogP) is 1.50. The molecule has 0 radical (unpaired) electrons. The number of hydrogen-bond donors (Lipinski definition) is 0. The zero-order valence-electron chi connectivity index (χ0n) is 11.6. The SMILES string of the molecule is C[C@H](C(=O)N1CCC[C@@H](n2ccnc2)C1)n1cccn1. The summed E-state index contributed by atoms with van der Waals surface area (Å²) in [6.07, 6.45) is 11.2. The number of carbonyl (C=O) groups is 1. The smallest absolute Gasteiger partial charge is 0.247 e. The average Bonchev–Trinajstić information content (AvgIpc) is 3.18. The van der Waals surface area contributed by atoms with Crippen LogP contribution in [0, 0.1) is 0 Å². The van der Waals surface area contributed by atoms with Crippen LogP contribution < -0.4 is 0 Å². The van der Waals surface area contributed by atoms with Gasteiger partial charge in [-0.15, -0.1) is 0 Å². The van der Waals surface area contributed by atoms with Gasteiger partial charge >= 0.3 is 0 Å². The molecule has 3 heterocycles. The second-order valence-electron chi connectivity index (χ2n) is 5.25. The van der Waals surface area contributed by atoms with E-state index < -0.39 is 0 Å². The minimum atomic E-state index is -0.244. The van der Waals surface area contributed by atoms with E-state index in [-0.39, 0.29) is 11.9 Å². The van der Waals surface area contributed by atoms with Gasteiger partial charge < -0.3 is 9.47 Å². The molecule has 0 aromatic carbocycles. The van der Waals surface area contributed by atoms with Crippen LogP contribution in [0.4, 0.5) is 0 Å². The zero-order valence-corrected chi connectivity index (χ0v) is 11.6. The lowest BCUT2D eigenvalue weighted by Gasteiger charge is -2.34. The fraction of sp³-hybridized carbons (Fsp3) is 0.500. The van der Waals surface area contributed by atoms with E-state index in [2.05, 4.69) is 14.6 Å². The van der Waals surface area contributed by atoms with Gasteiger partial charge in [-0.3, -0.25) is 9.48 Å². The summed E-state index contributed by atoms with van der Waals surface area (Å²) >= 11 is 0. The Balaban J connectivity index is 1.69. The number of aromatic nitrogens is 4. The Morgan fingerprint density at radius 2 is 2.25 bits per heavy atom. The van der Waals surface area contributed by atoms with Gasteiger partial charge in [0.2, 0.25) is 5.91 Å². The van der Waals surface area contributed by atoms with Gasteiger partial charge in [-0.2, -0.15) is 5.10 Å². The van der Waals surface area contributed by atoms with Crippen molar-refractivity contribution in [2.45, 2.75) is 31.8 Å². The van der Waals surface area contributed by atoms with Crippen molar-refractivity contribution in [3.63, 3.8) is 0 Å². The number of hydrogen-bond acceptors (Lipinski definition) is 3. The molecule has 20 heavy (non-hydrogen) atoms. The predicted molar refractivity (Wildman–Crippen MR) is 74.0 cm³/mol. The highest BCUT2D eigenvalue weighted by molar-refractivity contribution is 5.80. The standard InChI is InChI=1S/C14H19N5O/c1-12(19-8-3-5-16-19)14(20)17-7-2-4-13(10-17)18-9-6-15-11-18/h3,5-6,8-9,11-13H,2,4,7,10H2,1H3/t12-,13-/m1/s1. The summed E-state index contributed by atoms with van der Waals surface area (Å²) in [5.74, 6) is 0.138. The van der Waals surface area contributed by atoms with Gasteiger partial charge in [-0.1, -0.05) is 0 Å². The molecule has 0 unspecified atom stereocenters. The summed E-state index contributed by atoms with van der Waals surface area (Å²) in [5, 5.41) is 4.15. The van der Waals surface area contributed by atoms with Crippen LogP contribution >= 0.6 is 0 Å². The number of rotatable bonds is 3. The molecule has 106 valence electrons. The number of carbonyl (C=O) groups excluding carboxylic acids is 1. The second kappa shape index (κ2) is 5.48. The summed E-state index contributed by atoms with van der Waals surface area (Å²) in [6.45, 7) is 3.48. The van der Waals surface area contributed by atoms with Crippen LogP contribution in [-0.4, -0.2) is 43.2 Å². The van der Waals surface area contributed by atoms with E-state index in [0.717, 1.165) is 25.9 Å². The number of amides is 1. The fourth-order valence-corrected chi connectivity index (χ4v) is 2.77. The van der Waals surface area contributed by atoms with Crippen molar-refractivity contribution in [3.05, 3.63) is 37.2 Å². The molecule has 1 aliphatic heterocycles. The lowest BCUT2D eigenvalue weighted by atomic mass is 10.0. The molecule has 2 aromatic rings. The van der Waals surface area contributed by atoms with E-state index in [1.54, 1.807) is 17.1 Å². The Morgan fingerprint density at radius 3 is 2.95 bits per heavy atom. The highest BCUT2D eigenvalue weighted by Gasteiger charge is 2.28. The summed E-state index contributed by atoms with van der Waals surface area (Å²) in [4.78, 5) is 18.6. The number of likely N-dealkylation sites (tertiary alicyclic amines) is 1. The van der Waals surface area contributed by atoms with Gasteiger partial charge in [0.25, 0.3) is 0 Å². The van der Waals surface area contributed by atoms with Crippen LogP contribution in [0.2, 0.25) is 0 Å². The first kappa shape index (κ1) is 12.9. The first-order chi connectivity index (χ1) is 9.75. The van der Waals surface area contributed by atoms with E-state index in [1.807, 2.05) is 36.6 Å². The third kappa shape index (κ3) is 2.45. The molecule has 6 nitrogen and oxygen atoms in total. The lowest BCUT2D eigenvalue weighted by Crippen LogP contribution is -2.43. The largest absolute Gasteiger partial charge is 0.339 e. The van der Waals surface area contributed by atoms with Crippen molar-refractivity contribution in [2.24, 2.45) is 0 Å². The normalized spacial score (nSPS) is 20.9. The third-order valence-corrected chi connectivity index (χ3v) is 3.93. The van der Waals surface area contributed by atoms with Gasteiger partial charge in [0, 0.05) is 37.9 Å². The van der Waals surface area contributed by atoms with Gasteiger partial charge in [0.05, 0.1) is 12.4 Å². The van der Waals surface area contributed by atoms with Crippen molar-refractivity contribution in [1.82, 2.24) is 24.2 Å². The van der Waals surface area contributed by atoms with E-state index >= 15 is 0 Å². The van der Waals surface area contributed by atoms with Crippen LogP contribution in [0.25, 0.3) is 0 Å². The highest BCUT2D eigenvalue weighted by atomic mass is 16.2. The molecule has 1 aliphatic rings. The van der Waals surface area contributed by atoms with Crippen LogP contribution in [0.1, 0.15) is 31.8 Å². The molecular weight excluding hydrogens is 254 g/mol. The van der Waals surface area contributed by atoms with Crippen molar-refractivity contribution >= 4 is 5.91 Å². The second-order valence-corrected chi connectivity index (χ2v) is 5.25. The van der Waals surface area contributed by atoms with Crippen molar-refractivity contribution < 1.29 is 4.79 Å². The van der Waals surface area contributed by atoms with E-state index in [0.29, 0.717) is 6.04 Å². The fourth-order valence-electron chi connectivity index (χ4n) is 2.77. The number of nitrogens with zero attached hydrogens (tertiary/aromatic N) is 5. The Bertz CT molecular complexity index is 548. The summed E-state index contributed by atoms with van der Waals surface area (Å²) in [6, 6.07) is 1.93.